The highest BCUT2D eigenvalue weighted by molar-refractivity contribution is 7.99. The van der Waals surface area contributed by atoms with Gasteiger partial charge in [0.05, 0.1) is 17.6 Å². The number of benzene rings is 1. The van der Waals surface area contributed by atoms with Gasteiger partial charge in [-0.3, -0.25) is 0 Å². The molecular weight excluding hydrogens is 362 g/mol. The molecule has 1 aromatic carbocycles. The number of rotatable bonds is 5. The average molecular weight is 386 g/mol. The van der Waals surface area contributed by atoms with E-state index in [0.29, 0.717) is 12.4 Å². The number of nitrogens with zero attached hydrogens (tertiary/aromatic N) is 2. The Labute approximate surface area is 162 Å². The minimum Gasteiger partial charge on any atom is -0.383 e. The monoisotopic (exact) mass is 385 g/mol. The van der Waals surface area contributed by atoms with Gasteiger partial charge < -0.3 is 10.5 Å². The Morgan fingerprint density at radius 2 is 2.08 bits per heavy atom. The standard InChI is InChI=1S/C20H23N3OS2/c1-3-20(2)11-14-15(12-24-20)26-18-16(14)17(21)22-19(23-18)25-10-9-13-7-5-4-6-8-13/h4-8H,3,9-12H2,1-2H3,(H2,21,22,23). The number of fused-ring (bicyclic) bond motifs is 3. The van der Waals surface area contributed by atoms with Crippen molar-refractivity contribution in [2.75, 3.05) is 11.5 Å². The maximum absolute atomic E-state index is 6.34. The van der Waals surface area contributed by atoms with E-state index in [2.05, 4.69) is 43.1 Å². The Morgan fingerprint density at radius 3 is 2.85 bits per heavy atom. The van der Waals surface area contributed by atoms with Gasteiger partial charge in [-0.25, -0.2) is 9.97 Å². The van der Waals surface area contributed by atoms with Crippen molar-refractivity contribution in [3.63, 3.8) is 0 Å². The molecule has 0 saturated heterocycles. The summed E-state index contributed by atoms with van der Waals surface area (Å²) in [4.78, 5) is 11.6. The SMILES string of the molecule is CCC1(C)Cc2c(sc3nc(SCCc4ccccc4)nc(N)c23)CO1. The highest BCUT2D eigenvalue weighted by atomic mass is 32.2. The molecule has 3 aromatic rings. The van der Waals surface area contributed by atoms with Crippen molar-refractivity contribution in [2.24, 2.45) is 0 Å². The van der Waals surface area contributed by atoms with E-state index in [1.54, 1.807) is 23.1 Å². The normalized spacial score (nSPS) is 19.6. The zero-order chi connectivity index (χ0) is 18.1. The van der Waals surface area contributed by atoms with Crippen molar-refractivity contribution in [3.8, 4) is 0 Å². The summed E-state index contributed by atoms with van der Waals surface area (Å²) in [6.07, 6.45) is 2.86. The van der Waals surface area contributed by atoms with E-state index in [-0.39, 0.29) is 5.60 Å². The second-order valence-electron chi connectivity index (χ2n) is 6.93. The smallest absolute Gasteiger partial charge is 0.190 e. The lowest BCUT2D eigenvalue weighted by Gasteiger charge is -2.33. The fourth-order valence-electron chi connectivity index (χ4n) is 3.28. The quantitative estimate of drug-likeness (QED) is 0.502. The molecule has 0 bridgehead atoms. The van der Waals surface area contributed by atoms with Crippen LogP contribution in [0.25, 0.3) is 10.2 Å². The Balaban J connectivity index is 1.56. The molecule has 4 nitrogen and oxygen atoms in total. The predicted octanol–water partition coefficient (Wildman–Crippen LogP) is 4.85. The van der Waals surface area contributed by atoms with Gasteiger partial charge in [0, 0.05) is 17.1 Å². The van der Waals surface area contributed by atoms with Crippen molar-refractivity contribution in [3.05, 3.63) is 46.3 Å². The summed E-state index contributed by atoms with van der Waals surface area (Å²) in [6, 6.07) is 10.5. The van der Waals surface area contributed by atoms with Crippen LogP contribution >= 0.6 is 23.1 Å². The summed E-state index contributed by atoms with van der Waals surface area (Å²) in [6.45, 7) is 4.99. The van der Waals surface area contributed by atoms with Crippen molar-refractivity contribution in [1.29, 1.82) is 0 Å². The molecule has 1 aliphatic heterocycles. The van der Waals surface area contributed by atoms with Crippen LogP contribution in [0, 0.1) is 0 Å². The predicted molar refractivity (Wildman–Crippen MR) is 110 cm³/mol. The van der Waals surface area contributed by atoms with Crippen LogP contribution < -0.4 is 5.73 Å². The number of ether oxygens (including phenoxy) is 1. The fraction of sp³-hybridized carbons (Fsp3) is 0.400. The van der Waals surface area contributed by atoms with Crippen LogP contribution in [-0.4, -0.2) is 21.3 Å². The van der Waals surface area contributed by atoms with Gasteiger partial charge in [0.25, 0.3) is 0 Å². The van der Waals surface area contributed by atoms with Crippen LogP contribution in [-0.2, 0) is 24.2 Å². The highest BCUT2D eigenvalue weighted by Gasteiger charge is 2.32. The van der Waals surface area contributed by atoms with Crippen LogP contribution in [0.4, 0.5) is 5.82 Å². The van der Waals surface area contributed by atoms with Crippen LogP contribution in [0.3, 0.4) is 0 Å². The highest BCUT2D eigenvalue weighted by Crippen LogP contribution is 2.41. The second kappa shape index (κ2) is 7.18. The number of nitrogens with two attached hydrogens (primary N) is 1. The molecule has 6 heteroatoms. The first-order valence-corrected chi connectivity index (χ1v) is 10.8. The Morgan fingerprint density at radius 1 is 1.27 bits per heavy atom. The summed E-state index contributed by atoms with van der Waals surface area (Å²) < 4.78 is 6.07. The summed E-state index contributed by atoms with van der Waals surface area (Å²) in [7, 11) is 0. The van der Waals surface area contributed by atoms with Gasteiger partial charge in [-0.05, 0) is 30.9 Å². The molecule has 0 radical (unpaired) electrons. The molecule has 3 heterocycles. The van der Waals surface area contributed by atoms with Crippen molar-refractivity contribution < 1.29 is 4.74 Å². The molecule has 0 fully saturated rings. The third-order valence-electron chi connectivity index (χ3n) is 5.06. The molecule has 1 unspecified atom stereocenters. The fourth-order valence-corrected chi connectivity index (χ4v) is 5.28. The Bertz CT molecular complexity index is 926. The zero-order valence-electron chi connectivity index (χ0n) is 15.1. The lowest BCUT2D eigenvalue weighted by molar-refractivity contribution is -0.0542. The van der Waals surface area contributed by atoms with Gasteiger partial charge in [-0.1, -0.05) is 49.0 Å². The van der Waals surface area contributed by atoms with Crippen LogP contribution in [0.15, 0.2) is 35.5 Å². The molecule has 2 N–H and O–H groups in total. The molecule has 26 heavy (non-hydrogen) atoms. The van der Waals surface area contributed by atoms with E-state index in [1.807, 2.05) is 6.07 Å². The third-order valence-corrected chi connectivity index (χ3v) is 7.01. The van der Waals surface area contributed by atoms with Gasteiger partial charge in [0.1, 0.15) is 10.6 Å². The van der Waals surface area contributed by atoms with Gasteiger partial charge >= 0.3 is 0 Å². The number of anilines is 1. The first kappa shape index (κ1) is 17.8. The number of thioether (sulfide) groups is 1. The number of thiophene rings is 1. The summed E-state index contributed by atoms with van der Waals surface area (Å²) in [5.41, 5.74) is 8.85. The summed E-state index contributed by atoms with van der Waals surface area (Å²) in [5, 5.41) is 1.81. The van der Waals surface area contributed by atoms with Crippen LogP contribution in [0.5, 0.6) is 0 Å². The Hall–Kier alpha value is -1.63. The molecule has 0 amide bonds. The summed E-state index contributed by atoms with van der Waals surface area (Å²) >= 11 is 3.37. The van der Waals surface area contributed by atoms with Crippen LogP contribution in [0.2, 0.25) is 0 Å². The minimum atomic E-state index is -0.115. The van der Waals surface area contributed by atoms with Gasteiger partial charge in [0.15, 0.2) is 5.16 Å². The first-order chi connectivity index (χ1) is 12.6. The van der Waals surface area contributed by atoms with E-state index in [0.717, 1.165) is 40.4 Å². The maximum atomic E-state index is 6.34. The largest absolute Gasteiger partial charge is 0.383 e. The topological polar surface area (TPSA) is 61.0 Å². The van der Waals surface area contributed by atoms with Gasteiger partial charge in [0.2, 0.25) is 0 Å². The van der Waals surface area contributed by atoms with Crippen LogP contribution in [0.1, 0.15) is 36.3 Å². The van der Waals surface area contributed by atoms with E-state index >= 15 is 0 Å². The molecule has 136 valence electrons. The molecule has 1 aliphatic rings. The van der Waals surface area contributed by atoms with Crippen molar-refractivity contribution in [2.45, 2.75) is 50.5 Å². The number of hydrogen-bond donors (Lipinski definition) is 1. The van der Waals surface area contributed by atoms with Crippen molar-refractivity contribution >= 4 is 39.1 Å². The molecule has 0 saturated carbocycles. The lowest BCUT2D eigenvalue weighted by Crippen LogP contribution is -2.33. The minimum absolute atomic E-state index is 0.115. The van der Waals surface area contributed by atoms with E-state index in [1.165, 1.54) is 16.0 Å². The van der Waals surface area contributed by atoms with Gasteiger partial charge in [-0.2, -0.15) is 0 Å². The van der Waals surface area contributed by atoms with E-state index in [9.17, 15) is 0 Å². The lowest BCUT2D eigenvalue weighted by atomic mass is 9.90. The Kier molecular flexibility index (Phi) is 4.90. The second-order valence-corrected chi connectivity index (χ2v) is 9.07. The van der Waals surface area contributed by atoms with Gasteiger partial charge in [-0.15, -0.1) is 11.3 Å². The zero-order valence-corrected chi connectivity index (χ0v) is 16.8. The van der Waals surface area contributed by atoms with E-state index in [4.69, 9.17) is 15.5 Å². The first-order valence-electron chi connectivity index (χ1n) is 8.96. The molecule has 0 spiro atoms. The molecule has 1 atom stereocenters. The molecule has 4 rings (SSSR count). The number of nitrogen functional groups attached to an aromatic ring is 1. The van der Waals surface area contributed by atoms with E-state index < -0.39 is 0 Å². The average Bonchev–Trinajstić information content (AvgIpc) is 3.00. The number of aromatic nitrogens is 2. The third kappa shape index (κ3) is 3.46. The molecule has 0 aliphatic carbocycles. The number of hydrogen-bond acceptors (Lipinski definition) is 6. The molecule has 2 aromatic heterocycles. The van der Waals surface area contributed by atoms with Crippen molar-refractivity contribution in [1.82, 2.24) is 9.97 Å². The maximum Gasteiger partial charge on any atom is 0.190 e. The number of aryl methyl sites for hydroxylation is 1. The molecular formula is C20H23N3OS2. The summed E-state index contributed by atoms with van der Waals surface area (Å²) in [5.74, 6) is 1.55.